The molecule has 0 unspecified atom stereocenters. The van der Waals surface area contributed by atoms with Crippen LogP contribution in [0.4, 0.5) is 11.4 Å². The molecule has 0 aliphatic rings. The molecule has 0 aliphatic heterocycles. The molecule has 2 amide bonds. The molecule has 0 saturated carbocycles. The molecule has 0 aromatic heterocycles. The third kappa shape index (κ3) is 7.82. The first-order valence-corrected chi connectivity index (χ1v) is 14.0. The lowest BCUT2D eigenvalue weighted by Crippen LogP contribution is -2.15. The van der Waals surface area contributed by atoms with E-state index in [1.165, 1.54) is 18.2 Å². The molecule has 0 atom stereocenters. The van der Waals surface area contributed by atoms with E-state index in [-0.39, 0.29) is 34.8 Å². The summed E-state index contributed by atoms with van der Waals surface area (Å²) in [6.07, 6.45) is 0.620. The fourth-order valence-corrected chi connectivity index (χ4v) is 4.55. The van der Waals surface area contributed by atoms with E-state index in [0.717, 1.165) is 10.8 Å². The zero-order valence-electron chi connectivity index (χ0n) is 23.9. The number of aromatic carboxylic acids is 2. The van der Waals surface area contributed by atoms with Gasteiger partial charge in [-0.2, -0.15) is 0 Å². The Kier molecular flexibility index (Phi) is 9.34. The Labute approximate surface area is 257 Å². The number of nitrogens with one attached hydrogen (secondary N) is 2. The summed E-state index contributed by atoms with van der Waals surface area (Å²) in [5.41, 5.74) is 0.854. The van der Waals surface area contributed by atoms with Crippen LogP contribution in [0.15, 0.2) is 109 Å². The molecule has 0 fully saturated rings. The van der Waals surface area contributed by atoms with E-state index in [4.69, 9.17) is 9.47 Å². The SMILES string of the molecule is O=C(CCCOc1ccc2cc(Oc3ccc(C(=O)Nc4ccccc4C(=O)O)cc3)ccc2c1)Nc1ccccc1C(=O)O. The molecule has 5 aromatic carbocycles. The van der Waals surface area contributed by atoms with Gasteiger partial charge in [-0.15, -0.1) is 0 Å². The van der Waals surface area contributed by atoms with Gasteiger partial charge in [0.2, 0.25) is 5.91 Å². The van der Waals surface area contributed by atoms with Crippen LogP contribution in [0.2, 0.25) is 0 Å². The zero-order valence-corrected chi connectivity index (χ0v) is 23.9. The third-order valence-electron chi connectivity index (χ3n) is 6.79. The molecule has 5 aromatic rings. The van der Waals surface area contributed by atoms with Crippen LogP contribution < -0.4 is 20.1 Å². The van der Waals surface area contributed by atoms with Crippen molar-refractivity contribution in [1.82, 2.24) is 0 Å². The molecule has 0 saturated heterocycles. The minimum absolute atomic E-state index is 0.00309. The quantitative estimate of drug-likeness (QED) is 0.110. The summed E-state index contributed by atoms with van der Waals surface area (Å²) in [5.74, 6) is -1.21. The first-order chi connectivity index (χ1) is 21.8. The standard InChI is InChI=1S/C35H28N2O8/c38-32(36-30-8-3-1-6-28(30)34(40)41)10-5-19-44-26-17-13-24-21-27(18-14-23(24)20-26)45-25-15-11-22(12-16-25)33(39)37-31-9-4-2-7-29(31)35(42)43/h1-4,6-9,11-18,20-21H,5,10,19H2,(H,36,38)(H,37,39)(H,40,41)(H,42,43). The third-order valence-corrected chi connectivity index (χ3v) is 6.79. The summed E-state index contributed by atoms with van der Waals surface area (Å²) in [4.78, 5) is 47.6. The lowest BCUT2D eigenvalue weighted by Gasteiger charge is -2.11. The Bertz CT molecular complexity index is 1890. The topological polar surface area (TPSA) is 151 Å². The Morgan fingerprint density at radius 1 is 0.600 bits per heavy atom. The van der Waals surface area contributed by atoms with E-state index >= 15 is 0 Å². The van der Waals surface area contributed by atoms with Crippen molar-refractivity contribution in [1.29, 1.82) is 0 Å². The van der Waals surface area contributed by atoms with Gasteiger partial charge in [-0.1, -0.05) is 36.4 Å². The number of hydrogen-bond donors (Lipinski definition) is 4. The molecule has 0 bridgehead atoms. The molecule has 10 heteroatoms. The Morgan fingerprint density at radius 2 is 1.13 bits per heavy atom. The van der Waals surface area contributed by atoms with E-state index in [1.807, 2.05) is 36.4 Å². The van der Waals surface area contributed by atoms with Crippen molar-refractivity contribution in [3.05, 3.63) is 126 Å². The summed E-state index contributed by atoms with van der Waals surface area (Å²) in [7, 11) is 0. The van der Waals surface area contributed by atoms with Gasteiger partial charge in [-0.25, -0.2) is 9.59 Å². The van der Waals surface area contributed by atoms with Gasteiger partial charge in [-0.05, 0) is 90.0 Å². The summed E-state index contributed by atoms with van der Waals surface area (Å²) in [6.45, 7) is 0.306. The number of fused-ring (bicyclic) bond motifs is 1. The molecule has 45 heavy (non-hydrogen) atoms. The number of ether oxygens (including phenoxy) is 2. The fourth-order valence-electron chi connectivity index (χ4n) is 4.55. The molecule has 5 rings (SSSR count). The van der Waals surface area contributed by atoms with Crippen LogP contribution >= 0.6 is 0 Å². The number of amides is 2. The maximum absolute atomic E-state index is 12.7. The van der Waals surface area contributed by atoms with Crippen LogP contribution in [-0.4, -0.2) is 40.6 Å². The predicted octanol–water partition coefficient (Wildman–Crippen LogP) is 7.08. The van der Waals surface area contributed by atoms with Gasteiger partial charge in [-0.3, -0.25) is 9.59 Å². The first kappa shape index (κ1) is 30.3. The van der Waals surface area contributed by atoms with Crippen molar-refractivity contribution in [2.75, 3.05) is 17.2 Å². The minimum Gasteiger partial charge on any atom is -0.494 e. The highest BCUT2D eigenvalue weighted by atomic mass is 16.5. The zero-order chi connectivity index (χ0) is 31.8. The highest BCUT2D eigenvalue weighted by Crippen LogP contribution is 2.29. The van der Waals surface area contributed by atoms with Crippen LogP contribution in [-0.2, 0) is 4.79 Å². The monoisotopic (exact) mass is 604 g/mol. The summed E-state index contributed by atoms with van der Waals surface area (Å²) in [6, 6.07) is 30.1. The number of anilines is 2. The number of carboxylic acid groups (broad SMARTS) is 2. The Hall–Kier alpha value is -6.16. The summed E-state index contributed by atoms with van der Waals surface area (Å²) >= 11 is 0. The molecule has 10 nitrogen and oxygen atoms in total. The summed E-state index contributed by atoms with van der Waals surface area (Å²) < 4.78 is 11.8. The largest absolute Gasteiger partial charge is 0.494 e. The van der Waals surface area contributed by atoms with Gasteiger partial charge in [0.05, 0.1) is 29.1 Å². The molecule has 4 N–H and O–H groups in total. The number of carbonyl (C=O) groups is 4. The first-order valence-electron chi connectivity index (χ1n) is 14.0. The average Bonchev–Trinajstić information content (AvgIpc) is 3.03. The second-order valence-electron chi connectivity index (χ2n) is 9.95. The van der Waals surface area contributed by atoms with Gasteiger partial charge >= 0.3 is 11.9 Å². The highest BCUT2D eigenvalue weighted by Gasteiger charge is 2.14. The molecule has 0 aliphatic carbocycles. The van der Waals surface area contributed by atoms with Gasteiger partial charge in [0.15, 0.2) is 0 Å². The molecule has 0 spiro atoms. The number of carboxylic acids is 2. The van der Waals surface area contributed by atoms with E-state index in [0.29, 0.717) is 35.8 Å². The van der Waals surface area contributed by atoms with Crippen molar-refractivity contribution >= 4 is 45.9 Å². The normalized spacial score (nSPS) is 10.6. The van der Waals surface area contributed by atoms with E-state index in [9.17, 15) is 29.4 Å². The second-order valence-corrected chi connectivity index (χ2v) is 9.95. The van der Waals surface area contributed by atoms with Crippen molar-refractivity contribution < 1.29 is 38.9 Å². The molecule has 226 valence electrons. The lowest BCUT2D eigenvalue weighted by atomic mass is 10.1. The smallest absolute Gasteiger partial charge is 0.337 e. The minimum atomic E-state index is -1.13. The Balaban J connectivity index is 1.12. The highest BCUT2D eigenvalue weighted by molar-refractivity contribution is 6.07. The van der Waals surface area contributed by atoms with Crippen LogP contribution in [0.3, 0.4) is 0 Å². The van der Waals surface area contributed by atoms with Crippen LogP contribution in [0, 0.1) is 0 Å². The number of carbonyl (C=O) groups excluding carboxylic acids is 2. The predicted molar refractivity (Wildman–Crippen MR) is 169 cm³/mol. The van der Waals surface area contributed by atoms with Crippen molar-refractivity contribution in [3.63, 3.8) is 0 Å². The fraction of sp³-hybridized carbons (Fsp3) is 0.0857. The van der Waals surface area contributed by atoms with Crippen molar-refractivity contribution in [2.45, 2.75) is 12.8 Å². The number of para-hydroxylation sites is 2. The molecule has 0 heterocycles. The molecule has 0 radical (unpaired) electrons. The van der Waals surface area contributed by atoms with Gasteiger partial charge in [0, 0.05) is 12.0 Å². The number of benzene rings is 5. The number of hydrogen-bond acceptors (Lipinski definition) is 6. The lowest BCUT2D eigenvalue weighted by molar-refractivity contribution is -0.116. The van der Waals surface area contributed by atoms with E-state index in [1.54, 1.807) is 54.6 Å². The van der Waals surface area contributed by atoms with E-state index < -0.39 is 17.8 Å². The van der Waals surface area contributed by atoms with Crippen LogP contribution in [0.25, 0.3) is 10.8 Å². The number of rotatable bonds is 12. The van der Waals surface area contributed by atoms with Crippen molar-refractivity contribution in [3.8, 4) is 17.2 Å². The Morgan fingerprint density at radius 3 is 1.76 bits per heavy atom. The van der Waals surface area contributed by atoms with Crippen molar-refractivity contribution in [2.24, 2.45) is 0 Å². The van der Waals surface area contributed by atoms with E-state index in [2.05, 4.69) is 10.6 Å². The van der Waals surface area contributed by atoms with Crippen LogP contribution in [0.1, 0.15) is 43.9 Å². The maximum atomic E-state index is 12.7. The maximum Gasteiger partial charge on any atom is 0.337 e. The summed E-state index contributed by atoms with van der Waals surface area (Å²) in [5, 5.41) is 25.7. The second kappa shape index (κ2) is 13.9. The molecular formula is C35H28N2O8. The van der Waals surface area contributed by atoms with Crippen LogP contribution in [0.5, 0.6) is 17.2 Å². The molecular weight excluding hydrogens is 576 g/mol. The average molecular weight is 605 g/mol. The van der Waals surface area contributed by atoms with Gasteiger partial charge in [0.1, 0.15) is 17.2 Å². The van der Waals surface area contributed by atoms with Gasteiger partial charge < -0.3 is 30.3 Å². The van der Waals surface area contributed by atoms with Gasteiger partial charge in [0.25, 0.3) is 5.91 Å².